The second-order valence-corrected chi connectivity index (χ2v) is 8.43. The molecule has 0 radical (unpaired) electrons. The van der Waals surface area contributed by atoms with Gasteiger partial charge in [-0.1, -0.05) is 13.8 Å². The summed E-state index contributed by atoms with van der Waals surface area (Å²) in [6, 6.07) is 4.02. The molecule has 26 heavy (non-hydrogen) atoms. The van der Waals surface area contributed by atoms with E-state index < -0.39 is 5.41 Å². The molecule has 1 aliphatic carbocycles. The number of aromatic amines is 1. The number of fused-ring (bicyclic) bond motifs is 1. The summed E-state index contributed by atoms with van der Waals surface area (Å²) in [6.45, 7) is 5.56. The summed E-state index contributed by atoms with van der Waals surface area (Å²) >= 11 is 0. The summed E-state index contributed by atoms with van der Waals surface area (Å²) < 4.78 is 0. The normalized spacial score (nSPS) is 18.9. The van der Waals surface area contributed by atoms with Crippen LogP contribution in [0, 0.1) is 16.7 Å². The molecule has 6 heteroatoms. The van der Waals surface area contributed by atoms with Gasteiger partial charge in [-0.05, 0) is 37.2 Å². The van der Waals surface area contributed by atoms with Gasteiger partial charge in [0.25, 0.3) is 5.56 Å². The molecule has 4 rings (SSSR count). The fourth-order valence-corrected chi connectivity index (χ4v) is 3.94. The van der Waals surface area contributed by atoms with Crippen LogP contribution in [0.1, 0.15) is 50.8 Å². The molecule has 2 aromatic rings. The van der Waals surface area contributed by atoms with Gasteiger partial charge in [0.1, 0.15) is 11.6 Å². The smallest absolute Gasteiger partial charge is 0.268 e. The maximum Gasteiger partial charge on any atom is 0.268 e. The van der Waals surface area contributed by atoms with Gasteiger partial charge in [-0.25, -0.2) is 0 Å². The molecule has 136 valence electrons. The van der Waals surface area contributed by atoms with E-state index in [4.69, 9.17) is 0 Å². The summed E-state index contributed by atoms with van der Waals surface area (Å²) in [5.41, 5.74) is 1.94. The van der Waals surface area contributed by atoms with Crippen molar-refractivity contribution in [3.05, 3.63) is 33.9 Å². The van der Waals surface area contributed by atoms with Crippen LogP contribution in [0.25, 0.3) is 10.9 Å². The lowest BCUT2D eigenvalue weighted by Gasteiger charge is -2.35. The van der Waals surface area contributed by atoms with Gasteiger partial charge in [0.2, 0.25) is 0 Å². The topological polar surface area (TPSA) is 93.0 Å². The second-order valence-electron chi connectivity index (χ2n) is 8.43. The molecule has 0 amide bonds. The minimum absolute atomic E-state index is 0.0263. The van der Waals surface area contributed by atoms with Gasteiger partial charge >= 0.3 is 0 Å². The van der Waals surface area contributed by atoms with E-state index in [1.54, 1.807) is 6.20 Å². The van der Waals surface area contributed by atoms with E-state index in [9.17, 15) is 15.2 Å². The van der Waals surface area contributed by atoms with Crippen LogP contribution in [0.4, 0.5) is 5.69 Å². The Balaban J connectivity index is 1.88. The van der Waals surface area contributed by atoms with Gasteiger partial charge in [0.05, 0.1) is 24.0 Å². The average molecular weight is 352 g/mol. The van der Waals surface area contributed by atoms with Crippen molar-refractivity contribution in [2.45, 2.75) is 44.9 Å². The summed E-state index contributed by atoms with van der Waals surface area (Å²) in [7, 11) is 0. The molecule has 0 bridgehead atoms. The molecule has 2 aliphatic rings. The van der Waals surface area contributed by atoms with E-state index in [-0.39, 0.29) is 17.7 Å². The minimum atomic E-state index is -0.492. The molecule has 3 heterocycles. The van der Waals surface area contributed by atoms with Crippen LogP contribution in [0.3, 0.4) is 0 Å². The number of nitrogens with one attached hydrogen (secondary N) is 1. The third-order valence-corrected chi connectivity index (χ3v) is 6.17. The maximum atomic E-state index is 12.4. The molecular weight excluding hydrogens is 328 g/mol. The van der Waals surface area contributed by atoms with Crippen molar-refractivity contribution < 1.29 is 5.11 Å². The van der Waals surface area contributed by atoms with Crippen molar-refractivity contribution in [3.63, 3.8) is 0 Å². The molecule has 2 aromatic heterocycles. The van der Waals surface area contributed by atoms with E-state index in [2.05, 4.69) is 20.9 Å². The lowest BCUT2D eigenvalue weighted by Crippen LogP contribution is -2.36. The van der Waals surface area contributed by atoms with Gasteiger partial charge < -0.3 is 15.0 Å². The van der Waals surface area contributed by atoms with Crippen LogP contribution in [-0.4, -0.2) is 34.8 Å². The minimum Gasteiger partial charge on any atom is -0.395 e. The first-order valence-electron chi connectivity index (χ1n) is 9.22. The Morgan fingerprint density at radius 1 is 1.35 bits per heavy atom. The highest BCUT2D eigenvalue weighted by atomic mass is 16.3. The van der Waals surface area contributed by atoms with Crippen molar-refractivity contribution in [1.29, 1.82) is 5.26 Å². The summed E-state index contributed by atoms with van der Waals surface area (Å²) in [5, 5.41) is 20.1. The number of aliphatic hydroxyl groups is 1. The monoisotopic (exact) mass is 352 g/mol. The molecule has 0 unspecified atom stereocenters. The van der Waals surface area contributed by atoms with Gasteiger partial charge in [-0.3, -0.25) is 9.78 Å². The SMILES string of the molecule is CC(C)(CO)c1cc2c(N3CCC4(CC3)CC4)c(C#N)c(=O)[nH]c2cn1. The lowest BCUT2D eigenvalue weighted by molar-refractivity contribution is 0.215. The fraction of sp³-hybridized carbons (Fsp3) is 0.550. The summed E-state index contributed by atoms with van der Waals surface area (Å²) in [4.78, 5) is 21.8. The maximum absolute atomic E-state index is 12.4. The number of piperidine rings is 1. The highest BCUT2D eigenvalue weighted by molar-refractivity contribution is 5.94. The molecular formula is C20H24N4O2. The van der Waals surface area contributed by atoms with Gasteiger partial charge in [-0.15, -0.1) is 0 Å². The Morgan fingerprint density at radius 3 is 2.62 bits per heavy atom. The van der Waals surface area contributed by atoms with E-state index >= 15 is 0 Å². The summed E-state index contributed by atoms with van der Waals surface area (Å²) in [5.74, 6) is 0. The average Bonchev–Trinajstić information content (AvgIpc) is 3.40. The number of anilines is 1. The van der Waals surface area contributed by atoms with Gasteiger partial charge in [-0.2, -0.15) is 5.26 Å². The Morgan fingerprint density at radius 2 is 2.04 bits per heavy atom. The molecule has 0 aromatic carbocycles. The number of hydrogen-bond acceptors (Lipinski definition) is 5. The lowest BCUT2D eigenvalue weighted by atomic mass is 9.88. The molecule has 1 saturated heterocycles. The van der Waals surface area contributed by atoms with Crippen LogP contribution in [0.15, 0.2) is 17.1 Å². The Kier molecular flexibility index (Phi) is 3.81. The van der Waals surface area contributed by atoms with Crippen LogP contribution in [-0.2, 0) is 5.41 Å². The number of H-pyrrole nitrogens is 1. The van der Waals surface area contributed by atoms with Crippen LogP contribution >= 0.6 is 0 Å². The van der Waals surface area contributed by atoms with Crippen molar-refractivity contribution in [1.82, 2.24) is 9.97 Å². The van der Waals surface area contributed by atoms with Crippen LogP contribution < -0.4 is 10.5 Å². The van der Waals surface area contributed by atoms with Gasteiger partial charge in [0, 0.05) is 29.6 Å². The predicted molar refractivity (Wildman–Crippen MR) is 100 cm³/mol. The third kappa shape index (κ3) is 2.67. The van der Waals surface area contributed by atoms with E-state index in [0.29, 0.717) is 10.9 Å². The van der Waals surface area contributed by atoms with Crippen molar-refractivity contribution >= 4 is 16.6 Å². The number of hydrogen-bond donors (Lipinski definition) is 2. The first-order chi connectivity index (χ1) is 12.4. The number of nitriles is 1. The quantitative estimate of drug-likeness (QED) is 0.885. The first kappa shape index (κ1) is 17.0. The number of aliphatic hydroxyl groups excluding tert-OH is 1. The highest BCUT2D eigenvalue weighted by Crippen LogP contribution is 2.54. The zero-order chi connectivity index (χ0) is 18.5. The molecule has 6 nitrogen and oxygen atoms in total. The number of aromatic nitrogens is 2. The van der Waals surface area contributed by atoms with Crippen molar-refractivity contribution in [3.8, 4) is 6.07 Å². The van der Waals surface area contributed by atoms with Crippen molar-refractivity contribution in [2.75, 3.05) is 24.6 Å². The Labute approximate surface area is 152 Å². The largest absolute Gasteiger partial charge is 0.395 e. The standard InChI is InChI=1S/C20H24N4O2/c1-19(2,12-25)16-9-13-15(11-22-16)23-18(26)14(10-21)17(13)24-7-5-20(3-4-20)6-8-24/h9,11,25H,3-8,12H2,1-2H3,(H,23,26). The third-order valence-electron chi connectivity index (χ3n) is 6.17. The van der Waals surface area contributed by atoms with E-state index in [1.165, 1.54) is 12.8 Å². The van der Waals surface area contributed by atoms with Gasteiger partial charge in [0.15, 0.2) is 0 Å². The molecule has 2 N–H and O–H groups in total. The Bertz CT molecular complexity index is 956. The Hall–Kier alpha value is -2.39. The molecule has 1 spiro atoms. The molecule has 1 saturated carbocycles. The first-order valence-corrected chi connectivity index (χ1v) is 9.22. The zero-order valence-corrected chi connectivity index (χ0v) is 15.3. The molecule has 0 atom stereocenters. The van der Waals surface area contributed by atoms with Crippen molar-refractivity contribution in [2.24, 2.45) is 5.41 Å². The second kappa shape index (κ2) is 5.82. The fourth-order valence-electron chi connectivity index (χ4n) is 3.94. The van der Waals surface area contributed by atoms with Crippen LogP contribution in [0.2, 0.25) is 0 Å². The molecule has 2 fully saturated rings. The van der Waals surface area contributed by atoms with Crippen LogP contribution in [0.5, 0.6) is 0 Å². The van der Waals surface area contributed by atoms with E-state index in [0.717, 1.165) is 42.7 Å². The van der Waals surface area contributed by atoms with E-state index in [1.807, 2.05) is 19.9 Å². The summed E-state index contributed by atoms with van der Waals surface area (Å²) in [6.07, 6.45) is 6.49. The molecule has 1 aliphatic heterocycles. The zero-order valence-electron chi connectivity index (χ0n) is 15.3. The number of pyridine rings is 2. The number of nitrogens with zero attached hydrogens (tertiary/aromatic N) is 3. The highest BCUT2D eigenvalue weighted by Gasteiger charge is 2.44. The predicted octanol–water partition coefficient (Wildman–Crippen LogP) is 2.45. The number of rotatable bonds is 3.